The van der Waals surface area contributed by atoms with Gasteiger partial charge in [0.25, 0.3) is 0 Å². The maximum absolute atomic E-state index is 12.1. The molecule has 4 nitrogen and oxygen atoms in total. The number of carbonyl (C=O) groups is 2. The fourth-order valence-electron chi connectivity index (χ4n) is 1.96. The monoisotopic (exact) mass is 298 g/mol. The van der Waals surface area contributed by atoms with Crippen LogP contribution in [0.25, 0.3) is 0 Å². The summed E-state index contributed by atoms with van der Waals surface area (Å²) in [5.74, 6) is -1.36. The Hall–Kier alpha value is -2.62. The Balaban J connectivity index is 2.15. The molecule has 1 N–H and O–H groups in total. The topological polar surface area (TPSA) is 63.6 Å². The number of ether oxygens (including phenoxy) is 1. The van der Waals surface area contributed by atoms with Crippen LogP contribution in [-0.2, 0) is 5.41 Å². The smallest absolute Gasteiger partial charge is 0.343 e. The molecule has 114 valence electrons. The van der Waals surface area contributed by atoms with Gasteiger partial charge in [-0.25, -0.2) is 9.59 Å². The van der Waals surface area contributed by atoms with E-state index < -0.39 is 11.9 Å². The number of carboxylic acids is 1. The summed E-state index contributed by atoms with van der Waals surface area (Å²) in [5, 5.41) is 8.93. The predicted molar refractivity (Wildman–Crippen MR) is 83.5 cm³/mol. The highest BCUT2D eigenvalue weighted by molar-refractivity contribution is 5.92. The molecule has 0 aliphatic rings. The highest BCUT2D eigenvalue weighted by atomic mass is 16.5. The van der Waals surface area contributed by atoms with Crippen LogP contribution in [0.4, 0.5) is 0 Å². The zero-order chi connectivity index (χ0) is 16.3. The molecule has 0 amide bonds. The van der Waals surface area contributed by atoms with Crippen molar-refractivity contribution in [3.63, 3.8) is 0 Å². The fraction of sp³-hybridized carbons (Fsp3) is 0.222. The molecule has 0 fully saturated rings. The van der Waals surface area contributed by atoms with E-state index in [1.165, 1.54) is 18.2 Å². The summed E-state index contributed by atoms with van der Waals surface area (Å²) in [5.41, 5.74) is 1.64. The molecule has 0 unspecified atom stereocenters. The molecule has 2 rings (SSSR count). The summed E-state index contributed by atoms with van der Waals surface area (Å²) in [4.78, 5) is 23.0. The fourth-order valence-corrected chi connectivity index (χ4v) is 1.96. The molecule has 0 bridgehead atoms. The van der Waals surface area contributed by atoms with Crippen molar-refractivity contribution < 1.29 is 19.4 Å². The van der Waals surface area contributed by atoms with Gasteiger partial charge in [0.1, 0.15) is 5.75 Å². The van der Waals surface area contributed by atoms with Gasteiger partial charge < -0.3 is 9.84 Å². The van der Waals surface area contributed by atoms with Crippen LogP contribution in [-0.4, -0.2) is 17.0 Å². The van der Waals surface area contributed by atoms with Crippen molar-refractivity contribution in [3.8, 4) is 5.75 Å². The lowest BCUT2D eigenvalue weighted by Gasteiger charge is -2.18. The van der Waals surface area contributed by atoms with E-state index in [9.17, 15) is 9.59 Å². The number of carboxylic acid groups (broad SMARTS) is 1. The van der Waals surface area contributed by atoms with Crippen LogP contribution in [0.2, 0.25) is 0 Å². The van der Waals surface area contributed by atoms with E-state index in [1.807, 2.05) is 12.1 Å². The van der Waals surface area contributed by atoms with Gasteiger partial charge in [0.15, 0.2) is 0 Å². The van der Waals surface area contributed by atoms with Crippen LogP contribution in [0.15, 0.2) is 48.5 Å². The van der Waals surface area contributed by atoms with Gasteiger partial charge in [-0.05, 0) is 41.3 Å². The maximum Gasteiger partial charge on any atom is 0.343 e. The van der Waals surface area contributed by atoms with Gasteiger partial charge in [0.2, 0.25) is 0 Å². The second kappa shape index (κ2) is 6.02. The SMILES string of the molecule is CC(C)(C)c1ccc(C(=O)Oc2cccc(C(=O)O)c2)cc1. The van der Waals surface area contributed by atoms with Crippen molar-refractivity contribution >= 4 is 11.9 Å². The molecule has 0 atom stereocenters. The highest BCUT2D eigenvalue weighted by Gasteiger charge is 2.15. The third-order valence-electron chi connectivity index (χ3n) is 3.28. The second-order valence-corrected chi connectivity index (χ2v) is 6.05. The summed E-state index contributed by atoms with van der Waals surface area (Å²) in [6.45, 7) is 6.28. The van der Waals surface area contributed by atoms with Crippen molar-refractivity contribution in [1.82, 2.24) is 0 Å². The first-order valence-electron chi connectivity index (χ1n) is 6.93. The van der Waals surface area contributed by atoms with Crippen molar-refractivity contribution in [2.75, 3.05) is 0 Å². The van der Waals surface area contributed by atoms with E-state index in [4.69, 9.17) is 9.84 Å². The third-order valence-corrected chi connectivity index (χ3v) is 3.28. The maximum atomic E-state index is 12.1. The van der Waals surface area contributed by atoms with Gasteiger partial charge in [-0.3, -0.25) is 0 Å². The van der Waals surface area contributed by atoms with Gasteiger partial charge in [-0.15, -0.1) is 0 Å². The molecule has 0 saturated heterocycles. The summed E-state index contributed by atoms with van der Waals surface area (Å²) < 4.78 is 5.21. The molecular formula is C18H18O4. The average Bonchev–Trinajstić information content (AvgIpc) is 2.46. The molecule has 0 aliphatic carbocycles. The van der Waals surface area contributed by atoms with Crippen LogP contribution in [0.3, 0.4) is 0 Å². The first kappa shape index (κ1) is 15.8. The summed E-state index contributed by atoms with van der Waals surface area (Å²) >= 11 is 0. The minimum absolute atomic E-state index is 0.0122. The van der Waals surface area contributed by atoms with Gasteiger partial charge in [0, 0.05) is 0 Å². The van der Waals surface area contributed by atoms with Crippen molar-refractivity contribution in [3.05, 3.63) is 65.2 Å². The molecule has 0 aliphatic heterocycles. The van der Waals surface area contributed by atoms with Gasteiger partial charge in [-0.2, -0.15) is 0 Å². The van der Waals surface area contributed by atoms with E-state index in [-0.39, 0.29) is 16.7 Å². The van der Waals surface area contributed by atoms with Crippen molar-refractivity contribution in [1.29, 1.82) is 0 Å². The molecule has 0 radical (unpaired) electrons. The first-order valence-corrected chi connectivity index (χ1v) is 6.93. The molecule has 2 aromatic carbocycles. The molecule has 0 aromatic heterocycles. The summed E-state index contributed by atoms with van der Waals surface area (Å²) in [6.07, 6.45) is 0. The molecule has 22 heavy (non-hydrogen) atoms. The Bertz CT molecular complexity index is 694. The summed E-state index contributed by atoms with van der Waals surface area (Å²) in [6, 6.07) is 13.1. The van der Waals surface area contributed by atoms with Gasteiger partial charge >= 0.3 is 11.9 Å². The Kier molecular flexibility index (Phi) is 4.31. The lowest BCUT2D eigenvalue weighted by molar-refractivity contribution is 0.0687. The Morgan fingerprint density at radius 1 is 0.955 bits per heavy atom. The first-order chi connectivity index (χ1) is 10.3. The van der Waals surface area contributed by atoms with Crippen molar-refractivity contribution in [2.24, 2.45) is 0 Å². The predicted octanol–water partition coefficient (Wildman–Crippen LogP) is 3.90. The Labute approximate surface area is 129 Å². The van der Waals surface area contributed by atoms with E-state index in [0.29, 0.717) is 5.56 Å². The van der Waals surface area contributed by atoms with E-state index in [0.717, 1.165) is 5.56 Å². The highest BCUT2D eigenvalue weighted by Crippen LogP contribution is 2.23. The van der Waals surface area contributed by atoms with E-state index in [2.05, 4.69) is 20.8 Å². The summed E-state index contributed by atoms with van der Waals surface area (Å²) in [7, 11) is 0. The van der Waals surface area contributed by atoms with Crippen molar-refractivity contribution in [2.45, 2.75) is 26.2 Å². The zero-order valence-corrected chi connectivity index (χ0v) is 12.8. The molecule has 4 heteroatoms. The van der Waals surface area contributed by atoms with E-state index >= 15 is 0 Å². The van der Waals surface area contributed by atoms with E-state index in [1.54, 1.807) is 18.2 Å². The molecule has 0 heterocycles. The largest absolute Gasteiger partial charge is 0.478 e. The number of esters is 1. The Morgan fingerprint density at radius 3 is 2.14 bits per heavy atom. The lowest BCUT2D eigenvalue weighted by atomic mass is 9.87. The zero-order valence-electron chi connectivity index (χ0n) is 12.8. The number of rotatable bonds is 3. The third kappa shape index (κ3) is 3.73. The average molecular weight is 298 g/mol. The minimum Gasteiger partial charge on any atom is -0.478 e. The quantitative estimate of drug-likeness (QED) is 0.689. The molecule has 0 spiro atoms. The van der Waals surface area contributed by atoms with Crippen LogP contribution >= 0.6 is 0 Å². The molecule has 2 aromatic rings. The van der Waals surface area contributed by atoms with Crippen LogP contribution < -0.4 is 4.74 Å². The number of benzene rings is 2. The number of hydrogen-bond donors (Lipinski definition) is 1. The normalized spacial score (nSPS) is 11.0. The van der Waals surface area contributed by atoms with Crippen LogP contribution in [0.5, 0.6) is 5.75 Å². The minimum atomic E-state index is -1.06. The van der Waals surface area contributed by atoms with Gasteiger partial charge in [-0.1, -0.05) is 39.0 Å². The van der Waals surface area contributed by atoms with Crippen LogP contribution in [0, 0.1) is 0 Å². The Morgan fingerprint density at radius 2 is 1.59 bits per heavy atom. The number of aromatic carboxylic acids is 1. The van der Waals surface area contributed by atoms with Gasteiger partial charge in [0.05, 0.1) is 11.1 Å². The standard InChI is InChI=1S/C18H18O4/c1-18(2,3)14-9-7-12(8-10-14)17(21)22-15-6-4-5-13(11-15)16(19)20/h4-11H,1-3H3,(H,19,20). The lowest BCUT2D eigenvalue weighted by Crippen LogP contribution is -2.13. The molecular weight excluding hydrogens is 280 g/mol. The molecule has 0 saturated carbocycles. The van der Waals surface area contributed by atoms with Crippen LogP contribution in [0.1, 0.15) is 47.1 Å². The number of carbonyl (C=O) groups excluding carboxylic acids is 1. The second-order valence-electron chi connectivity index (χ2n) is 6.05. The number of hydrogen-bond acceptors (Lipinski definition) is 3.